The molecule has 0 saturated heterocycles. The summed E-state index contributed by atoms with van der Waals surface area (Å²) in [6, 6.07) is 20.7. The third-order valence-electron chi connectivity index (χ3n) is 3.87. The van der Waals surface area contributed by atoms with Crippen molar-refractivity contribution in [2.75, 3.05) is 0 Å². The number of benzene rings is 2. The van der Waals surface area contributed by atoms with Gasteiger partial charge in [0.25, 0.3) is 0 Å². The molecule has 0 fully saturated rings. The SMILES string of the molecule is c1ccc(-c2ccc(-c3ncncn3)cc2)c(-c2ccncc2)c1. The van der Waals surface area contributed by atoms with Gasteiger partial charge in [-0.15, -0.1) is 0 Å². The largest absolute Gasteiger partial charge is 0.265 e. The lowest BCUT2D eigenvalue weighted by Crippen LogP contribution is -1.89. The number of aromatic nitrogens is 4. The summed E-state index contributed by atoms with van der Waals surface area (Å²) in [4.78, 5) is 16.3. The van der Waals surface area contributed by atoms with Crippen LogP contribution < -0.4 is 0 Å². The molecule has 0 bridgehead atoms. The molecule has 0 aliphatic rings. The second kappa shape index (κ2) is 6.38. The van der Waals surface area contributed by atoms with E-state index in [0.29, 0.717) is 5.82 Å². The van der Waals surface area contributed by atoms with Gasteiger partial charge >= 0.3 is 0 Å². The second-order valence-corrected chi connectivity index (χ2v) is 5.32. The van der Waals surface area contributed by atoms with E-state index in [9.17, 15) is 0 Å². The summed E-state index contributed by atoms with van der Waals surface area (Å²) < 4.78 is 0. The average Bonchev–Trinajstić information content (AvgIpc) is 2.69. The van der Waals surface area contributed by atoms with Crippen molar-refractivity contribution in [3.63, 3.8) is 0 Å². The molecule has 0 aliphatic carbocycles. The van der Waals surface area contributed by atoms with E-state index >= 15 is 0 Å². The predicted molar refractivity (Wildman–Crippen MR) is 93.9 cm³/mol. The molecule has 0 saturated carbocycles. The molecule has 2 heterocycles. The zero-order valence-corrected chi connectivity index (χ0v) is 12.9. The number of rotatable bonds is 3. The van der Waals surface area contributed by atoms with E-state index in [1.165, 1.54) is 23.8 Å². The molecule has 0 amide bonds. The molecular formula is C20H14N4. The minimum absolute atomic E-state index is 0.680. The summed E-state index contributed by atoms with van der Waals surface area (Å²) in [5, 5.41) is 0. The Bertz CT molecular complexity index is 936. The van der Waals surface area contributed by atoms with Gasteiger partial charge in [-0.1, -0.05) is 48.5 Å². The van der Waals surface area contributed by atoms with Crippen LogP contribution in [-0.4, -0.2) is 19.9 Å². The van der Waals surface area contributed by atoms with Gasteiger partial charge in [-0.05, 0) is 34.4 Å². The van der Waals surface area contributed by atoms with Crippen LogP contribution in [0.3, 0.4) is 0 Å². The van der Waals surface area contributed by atoms with Crippen LogP contribution in [0.5, 0.6) is 0 Å². The molecular weight excluding hydrogens is 296 g/mol. The summed E-state index contributed by atoms with van der Waals surface area (Å²) in [6.07, 6.45) is 6.65. The van der Waals surface area contributed by atoms with Crippen molar-refractivity contribution in [2.45, 2.75) is 0 Å². The quantitative estimate of drug-likeness (QED) is 0.567. The first kappa shape index (κ1) is 14.2. The lowest BCUT2D eigenvalue weighted by molar-refractivity contribution is 1.06. The van der Waals surface area contributed by atoms with E-state index < -0.39 is 0 Å². The van der Waals surface area contributed by atoms with Crippen LogP contribution in [0.25, 0.3) is 33.6 Å². The van der Waals surface area contributed by atoms with Crippen molar-refractivity contribution in [3.05, 3.63) is 85.7 Å². The van der Waals surface area contributed by atoms with E-state index in [-0.39, 0.29) is 0 Å². The molecule has 0 N–H and O–H groups in total. The van der Waals surface area contributed by atoms with E-state index in [4.69, 9.17) is 0 Å². The zero-order chi connectivity index (χ0) is 16.2. The van der Waals surface area contributed by atoms with Gasteiger partial charge in [0.2, 0.25) is 0 Å². The van der Waals surface area contributed by atoms with Crippen molar-refractivity contribution in [3.8, 4) is 33.6 Å². The first-order valence-electron chi connectivity index (χ1n) is 7.64. The fourth-order valence-corrected chi connectivity index (χ4v) is 2.71. The summed E-state index contributed by atoms with van der Waals surface area (Å²) in [5.74, 6) is 0.680. The van der Waals surface area contributed by atoms with Gasteiger partial charge in [0.1, 0.15) is 12.7 Å². The van der Waals surface area contributed by atoms with Crippen LogP contribution in [-0.2, 0) is 0 Å². The highest BCUT2D eigenvalue weighted by atomic mass is 15.0. The topological polar surface area (TPSA) is 51.6 Å². The highest BCUT2D eigenvalue weighted by Gasteiger charge is 2.07. The van der Waals surface area contributed by atoms with Crippen LogP contribution in [0.15, 0.2) is 85.7 Å². The van der Waals surface area contributed by atoms with Crippen LogP contribution in [0.1, 0.15) is 0 Å². The Balaban J connectivity index is 1.75. The molecule has 0 atom stereocenters. The summed E-state index contributed by atoms with van der Waals surface area (Å²) in [5.41, 5.74) is 5.66. The average molecular weight is 310 g/mol. The Morgan fingerprint density at radius 1 is 0.500 bits per heavy atom. The Morgan fingerprint density at radius 3 is 1.67 bits per heavy atom. The van der Waals surface area contributed by atoms with Crippen LogP contribution in [0, 0.1) is 0 Å². The van der Waals surface area contributed by atoms with Gasteiger partial charge in [0.05, 0.1) is 0 Å². The lowest BCUT2D eigenvalue weighted by atomic mass is 9.94. The van der Waals surface area contributed by atoms with Crippen LogP contribution in [0.4, 0.5) is 0 Å². The van der Waals surface area contributed by atoms with Crippen molar-refractivity contribution < 1.29 is 0 Å². The standard InChI is InChI=1S/C20H14N4/c1-2-4-19(16-9-11-21-12-10-16)18(3-1)15-5-7-17(8-6-15)20-23-13-22-14-24-20/h1-14H. The highest BCUT2D eigenvalue weighted by Crippen LogP contribution is 2.32. The summed E-state index contributed by atoms with van der Waals surface area (Å²) in [7, 11) is 0. The van der Waals surface area contributed by atoms with Crippen molar-refractivity contribution in [2.24, 2.45) is 0 Å². The number of pyridine rings is 1. The zero-order valence-electron chi connectivity index (χ0n) is 12.9. The van der Waals surface area contributed by atoms with Crippen molar-refractivity contribution in [1.29, 1.82) is 0 Å². The molecule has 0 radical (unpaired) electrons. The van der Waals surface area contributed by atoms with E-state index in [1.54, 1.807) is 0 Å². The molecule has 0 aliphatic heterocycles. The third kappa shape index (κ3) is 2.77. The number of hydrogen-bond donors (Lipinski definition) is 0. The molecule has 0 spiro atoms. The Morgan fingerprint density at radius 2 is 1.04 bits per heavy atom. The van der Waals surface area contributed by atoms with E-state index in [2.05, 4.69) is 56.3 Å². The predicted octanol–water partition coefficient (Wildman–Crippen LogP) is 4.27. The first-order valence-corrected chi connectivity index (χ1v) is 7.64. The summed E-state index contributed by atoms with van der Waals surface area (Å²) in [6.45, 7) is 0. The molecule has 24 heavy (non-hydrogen) atoms. The van der Waals surface area contributed by atoms with Crippen molar-refractivity contribution >= 4 is 0 Å². The fraction of sp³-hybridized carbons (Fsp3) is 0. The smallest absolute Gasteiger partial charge is 0.162 e. The minimum atomic E-state index is 0.680. The van der Waals surface area contributed by atoms with Crippen LogP contribution >= 0.6 is 0 Å². The lowest BCUT2D eigenvalue weighted by Gasteiger charge is -2.10. The molecule has 114 valence electrons. The molecule has 4 heteroatoms. The van der Waals surface area contributed by atoms with Gasteiger partial charge in [-0.3, -0.25) is 4.98 Å². The maximum absolute atomic E-state index is 4.19. The molecule has 4 nitrogen and oxygen atoms in total. The number of nitrogens with zero attached hydrogens (tertiary/aromatic N) is 4. The molecule has 2 aromatic heterocycles. The van der Waals surface area contributed by atoms with Gasteiger partial charge in [-0.2, -0.15) is 0 Å². The monoisotopic (exact) mass is 310 g/mol. The molecule has 2 aromatic carbocycles. The highest BCUT2D eigenvalue weighted by molar-refractivity contribution is 5.83. The van der Waals surface area contributed by atoms with Gasteiger partial charge < -0.3 is 0 Å². The molecule has 4 aromatic rings. The molecule has 0 unspecified atom stereocenters. The fourth-order valence-electron chi connectivity index (χ4n) is 2.71. The minimum Gasteiger partial charge on any atom is -0.265 e. The van der Waals surface area contributed by atoms with Crippen molar-refractivity contribution in [1.82, 2.24) is 19.9 Å². The van der Waals surface area contributed by atoms with Gasteiger partial charge in [0.15, 0.2) is 5.82 Å². The molecule has 4 rings (SSSR count). The van der Waals surface area contributed by atoms with E-state index in [1.807, 2.05) is 36.7 Å². The van der Waals surface area contributed by atoms with Gasteiger partial charge in [-0.25, -0.2) is 15.0 Å². The summed E-state index contributed by atoms with van der Waals surface area (Å²) >= 11 is 0. The maximum atomic E-state index is 4.19. The first-order chi connectivity index (χ1) is 11.9. The van der Waals surface area contributed by atoms with E-state index in [0.717, 1.165) is 16.7 Å². The van der Waals surface area contributed by atoms with Gasteiger partial charge in [0, 0.05) is 18.0 Å². The second-order valence-electron chi connectivity index (χ2n) is 5.32. The normalized spacial score (nSPS) is 10.5. The number of hydrogen-bond acceptors (Lipinski definition) is 4. The third-order valence-corrected chi connectivity index (χ3v) is 3.87. The Labute approximate surface area is 139 Å². The van der Waals surface area contributed by atoms with Crippen LogP contribution in [0.2, 0.25) is 0 Å². The Hall–Kier alpha value is -3.40. The Kier molecular flexibility index (Phi) is 3.78. The maximum Gasteiger partial charge on any atom is 0.162 e.